The standard InChI is InChI=1S/C11H13N3/c1-2-7-3-4-10-8(5-7)11(13)9(12)6-14-10/h3-6H,2,12H2,1H3,(H2,13,14). The second-order valence-corrected chi connectivity index (χ2v) is 3.33. The van der Waals surface area contributed by atoms with Crippen LogP contribution in [-0.2, 0) is 6.42 Å². The first-order valence-corrected chi connectivity index (χ1v) is 4.65. The van der Waals surface area contributed by atoms with Crippen molar-refractivity contribution in [3.8, 4) is 0 Å². The summed E-state index contributed by atoms with van der Waals surface area (Å²) >= 11 is 0. The van der Waals surface area contributed by atoms with Gasteiger partial charge in [-0.3, -0.25) is 4.98 Å². The maximum Gasteiger partial charge on any atom is 0.0740 e. The smallest absolute Gasteiger partial charge is 0.0740 e. The van der Waals surface area contributed by atoms with Crippen LogP contribution in [0.1, 0.15) is 12.5 Å². The highest BCUT2D eigenvalue weighted by molar-refractivity contribution is 5.95. The molecule has 1 aromatic heterocycles. The third-order valence-corrected chi connectivity index (χ3v) is 2.41. The topological polar surface area (TPSA) is 64.9 Å². The molecule has 0 aliphatic rings. The van der Waals surface area contributed by atoms with Crippen LogP contribution in [0.5, 0.6) is 0 Å². The number of nitrogen functional groups attached to an aromatic ring is 2. The summed E-state index contributed by atoms with van der Waals surface area (Å²) in [4.78, 5) is 4.21. The lowest BCUT2D eigenvalue weighted by Crippen LogP contribution is -1.97. The van der Waals surface area contributed by atoms with E-state index in [-0.39, 0.29) is 0 Å². The van der Waals surface area contributed by atoms with E-state index in [0.717, 1.165) is 17.3 Å². The van der Waals surface area contributed by atoms with Crippen molar-refractivity contribution in [1.82, 2.24) is 4.98 Å². The fraction of sp³-hybridized carbons (Fsp3) is 0.182. The predicted octanol–water partition coefficient (Wildman–Crippen LogP) is 1.96. The van der Waals surface area contributed by atoms with Crippen molar-refractivity contribution in [2.45, 2.75) is 13.3 Å². The minimum absolute atomic E-state index is 0.547. The molecular formula is C11H13N3. The van der Waals surface area contributed by atoms with Gasteiger partial charge < -0.3 is 11.5 Å². The Kier molecular flexibility index (Phi) is 2.00. The maximum absolute atomic E-state index is 5.88. The number of aryl methyl sites for hydroxylation is 1. The number of aromatic nitrogens is 1. The molecule has 0 unspecified atom stereocenters. The molecule has 0 amide bonds. The maximum atomic E-state index is 5.88. The van der Waals surface area contributed by atoms with Crippen molar-refractivity contribution in [2.24, 2.45) is 0 Å². The van der Waals surface area contributed by atoms with Crippen LogP contribution in [0.3, 0.4) is 0 Å². The van der Waals surface area contributed by atoms with Crippen LogP contribution in [0.2, 0.25) is 0 Å². The van der Waals surface area contributed by atoms with Crippen LogP contribution in [-0.4, -0.2) is 4.98 Å². The molecule has 0 radical (unpaired) electrons. The molecule has 0 aliphatic carbocycles. The van der Waals surface area contributed by atoms with E-state index in [1.807, 2.05) is 12.1 Å². The van der Waals surface area contributed by atoms with E-state index < -0.39 is 0 Å². The largest absolute Gasteiger partial charge is 0.396 e. The van der Waals surface area contributed by atoms with Gasteiger partial charge in [0, 0.05) is 5.39 Å². The van der Waals surface area contributed by atoms with Crippen molar-refractivity contribution in [2.75, 3.05) is 11.5 Å². The quantitative estimate of drug-likeness (QED) is 0.717. The first kappa shape index (κ1) is 8.81. The van der Waals surface area contributed by atoms with Gasteiger partial charge in [-0.2, -0.15) is 0 Å². The zero-order valence-corrected chi connectivity index (χ0v) is 8.12. The molecule has 0 saturated heterocycles. The molecule has 0 bridgehead atoms. The average molecular weight is 187 g/mol. The van der Waals surface area contributed by atoms with Crippen molar-refractivity contribution in [3.05, 3.63) is 30.0 Å². The van der Waals surface area contributed by atoms with Crippen molar-refractivity contribution in [1.29, 1.82) is 0 Å². The van der Waals surface area contributed by atoms with Gasteiger partial charge in [-0.15, -0.1) is 0 Å². The van der Waals surface area contributed by atoms with Gasteiger partial charge in [0.25, 0.3) is 0 Å². The zero-order valence-electron chi connectivity index (χ0n) is 8.12. The fourth-order valence-corrected chi connectivity index (χ4v) is 1.50. The first-order chi connectivity index (χ1) is 6.72. The summed E-state index contributed by atoms with van der Waals surface area (Å²) in [5.74, 6) is 0. The molecule has 1 aromatic carbocycles. The summed E-state index contributed by atoms with van der Waals surface area (Å²) in [6.07, 6.45) is 2.59. The highest BCUT2D eigenvalue weighted by atomic mass is 14.8. The Morgan fingerprint density at radius 1 is 1.29 bits per heavy atom. The van der Waals surface area contributed by atoms with E-state index in [0.29, 0.717) is 11.4 Å². The minimum atomic E-state index is 0.547. The molecular weight excluding hydrogens is 174 g/mol. The van der Waals surface area contributed by atoms with Crippen molar-refractivity contribution < 1.29 is 0 Å². The van der Waals surface area contributed by atoms with Crippen LogP contribution in [0.15, 0.2) is 24.4 Å². The molecule has 14 heavy (non-hydrogen) atoms. The Labute approximate surface area is 82.7 Å². The lowest BCUT2D eigenvalue weighted by molar-refractivity contribution is 1.14. The molecule has 2 rings (SSSR count). The highest BCUT2D eigenvalue weighted by Crippen LogP contribution is 2.25. The van der Waals surface area contributed by atoms with Crippen LogP contribution in [0, 0.1) is 0 Å². The molecule has 0 atom stereocenters. The zero-order chi connectivity index (χ0) is 10.1. The molecule has 1 heterocycles. The third-order valence-electron chi connectivity index (χ3n) is 2.41. The lowest BCUT2D eigenvalue weighted by Gasteiger charge is -2.05. The highest BCUT2D eigenvalue weighted by Gasteiger charge is 2.03. The Bertz CT molecular complexity index is 477. The third kappa shape index (κ3) is 1.27. The lowest BCUT2D eigenvalue weighted by atomic mass is 10.1. The van der Waals surface area contributed by atoms with Crippen molar-refractivity contribution in [3.63, 3.8) is 0 Å². The van der Waals surface area contributed by atoms with Gasteiger partial charge in [0.2, 0.25) is 0 Å². The second kappa shape index (κ2) is 3.18. The number of benzene rings is 1. The number of anilines is 2. The average Bonchev–Trinajstić information content (AvgIpc) is 2.23. The summed E-state index contributed by atoms with van der Waals surface area (Å²) in [7, 11) is 0. The molecule has 0 fully saturated rings. The van der Waals surface area contributed by atoms with Crippen LogP contribution < -0.4 is 11.5 Å². The van der Waals surface area contributed by atoms with Gasteiger partial charge in [0.05, 0.1) is 23.1 Å². The summed E-state index contributed by atoms with van der Waals surface area (Å²) in [5.41, 5.74) is 14.9. The Hall–Kier alpha value is -1.77. The van der Waals surface area contributed by atoms with Gasteiger partial charge >= 0.3 is 0 Å². The van der Waals surface area contributed by atoms with Gasteiger partial charge in [-0.25, -0.2) is 0 Å². The van der Waals surface area contributed by atoms with Crippen molar-refractivity contribution >= 4 is 22.3 Å². The summed E-state index contributed by atoms with van der Waals surface area (Å²) in [6, 6.07) is 6.09. The molecule has 0 saturated carbocycles. The molecule has 0 aliphatic heterocycles. The van der Waals surface area contributed by atoms with Gasteiger partial charge in [0.15, 0.2) is 0 Å². The molecule has 4 N–H and O–H groups in total. The van der Waals surface area contributed by atoms with E-state index in [2.05, 4.69) is 18.0 Å². The molecule has 3 heteroatoms. The van der Waals surface area contributed by atoms with Crippen LogP contribution >= 0.6 is 0 Å². The van der Waals surface area contributed by atoms with Gasteiger partial charge in [0.1, 0.15) is 0 Å². The Balaban J connectivity index is 2.78. The summed E-state index contributed by atoms with van der Waals surface area (Å²) in [6.45, 7) is 2.11. The first-order valence-electron chi connectivity index (χ1n) is 4.65. The van der Waals surface area contributed by atoms with E-state index >= 15 is 0 Å². The SMILES string of the molecule is CCc1ccc2ncc(N)c(N)c2c1. The number of hydrogen-bond acceptors (Lipinski definition) is 3. The number of pyridine rings is 1. The molecule has 72 valence electrons. The summed E-state index contributed by atoms with van der Waals surface area (Å²) in [5, 5.41) is 0.948. The summed E-state index contributed by atoms with van der Waals surface area (Å²) < 4.78 is 0. The number of rotatable bonds is 1. The van der Waals surface area contributed by atoms with Crippen LogP contribution in [0.25, 0.3) is 10.9 Å². The second-order valence-electron chi connectivity index (χ2n) is 3.33. The normalized spacial score (nSPS) is 10.6. The number of hydrogen-bond donors (Lipinski definition) is 2. The monoisotopic (exact) mass is 187 g/mol. The minimum Gasteiger partial charge on any atom is -0.396 e. The fourth-order valence-electron chi connectivity index (χ4n) is 1.50. The van der Waals surface area contributed by atoms with E-state index in [9.17, 15) is 0 Å². The van der Waals surface area contributed by atoms with E-state index in [1.165, 1.54) is 5.56 Å². The predicted molar refractivity (Wildman–Crippen MR) is 59.9 cm³/mol. The Morgan fingerprint density at radius 2 is 2.07 bits per heavy atom. The molecule has 0 spiro atoms. The number of nitrogens with zero attached hydrogens (tertiary/aromatic N) is 1. The van der Waals surface area contributed by atoms with Gasteiger partial charge in [-0.1, -0.05) is 13.0 Å². The van der Waals surface area contributed by atoms with Gasteiger partial charge in [-0.05, 0) is 24.1 Å². The molecule has 2 aromatic rings. The van der Waals surface area contributed by atoms with E-state index in [4.69, 9.17) is 11.5 Å². The number of nitrogens with two attached hydrogens (primary N) is 2. The number of fused-ring (bicyclic) bond motifs is 1. The van der Waals surface area contributed by atoms with E-state index in [1.54, 1.807) is 6.20 Å². The molecule has 3 nitrogen and oxygen atoms in total. The Morgan fingerprint density at radius 3 is 2.79 bits per heavy atom. The van der Waals surface area contributed by atoms with Crippen LogP contribution in [0.4, 0.5) is 11.4 Å².